The predicted molar refractivity (Wildman–Crippen MR) is 81.7 cm³/mol. The summed E-state index contributed by atoms with van der Waals surface area (Å²) in [6.45, 7) is 5.24. The fourth-order valence-corrected chi connectivity index (χ4v) is 3.83. The molecule has 1 heterocycles. The van der Waals surface area contributed by atoms with Crippen LogP contribution in [-0.2, 0) is 13.0 Å². The number of hydrogen-bond acceptors (Lipinski definition) is 2. The zero-order valence-corrected chi connectivity index (χ0v) is 12.5. The van der Waals surface area contributed by atoms with Crippen molar-refractivity contribution in [1.29, 1.82) is 0 Å². The number of imidazole rings is 1. The first-order chi connectivity index (χ1) is 9.68. The van der Waals surface area contributed by atoms with Gasteiger partial charge in [-0.15, -0.1) is 0 Å². The molecule has 1 aromatic heterocycles. The first kappa shape index (κ1) is 13.6. The normalized spacial score (nSPS) is 26.4. The van der Waals surface area contributed by atoms with Crippen LogP contribution in [0.5, 0.6) is 0 Å². The average molecular weight is 272 g/mol. The summed E-state index contributed by atoms with van der Waals surface area (Å²) in [7, 11) is 0. The highest BCUT2D eigenvalue weighted by Crippen LogP contribution is 2.40. The quantitative estimate of drug-likeness (QED) is 0.924. The molecule has 1 aliphatic rings. The fourth-order valence-electron chi connectivity index (χ4n) is 3.83. The predicted octanol–water partition coefficient (Wildman–Crippen LogP) is 3.54. The first-order valence-electron chi connectivity index (χ1n) is 7.84. The van der Waals surface area contributed by atoms with E-state index in [1.165, 1.54) is 5.52 Å². The minimum atomic E-state index is -0.553. The maximum Gasteiger partial charge on any atom is 0.112 e. The van der Waals surface area contributed by atoms with Crippen molar-refractivity contribution in [3.05, 3.63) is 30.1 Å². The lowest BCUT2D eigenvalue weighted by atomic mass is 9.85. The van der Waals surface area contributed by atoms with Gasteiger partial charge in [0, 0.05) is 13.0 Å². The molecule has 20 heavy (non-hydrogen) atoms. The number of benzene rings is 1. The van der Waals surface area contributed by atoms with Gasteiger partial charge >= 0.3 is 0 Å². The molecule has 0 bridgehead atoms. The first-order valence-corrected chi connectivity index (χ1v) is 7.84. The summed E-state index contributed by atoms with van der Waals surface area (Å²) in [6, 6.07) is 8.25. The minimum Gasteiger partial charge on any atom is -0.389 e. The third kappa shape index (κ3) is 2.14. The van der Waals surface area contributed by atoms with Crippen LogP contribution in [0.2, 0.25) is 0 Å². The number of aromatic nitrogens is 2. The van der Waals surface area contributed by atoms with E-state index in [0.717, 1.165) is 43.6 Å². The van der Waals surface area contributed by atoms with Gasteiger partial charge in [-0.3, -0.25) is 0 Å². The molecule has 3 nitrogen and oxygen atoms in total. The summed E-state index contributed by atoms with van der Waals surface area (Å²) >= 11 is 0. The molecule has 1 N–H and O–H groups in total. The van der Waals surface area contributed by atoms with Crippen LogP contribution in [0.15, 0.2) is 24.3 Å². The Hall–Kier alpha value is -1.35. The molecule has 0 amide bonds. The Kier molecular flexibility index (Phi) is 3.55. The Balaban J connectivity index is 1.98. The maximum atomic E-state index is 11.0. The van der Waals surface area contributed by atoms with E-state index in [2.05, 4.69) is 36.6 Å². The summed E-state index contributed by atoms with van der Waals surface area (Å²) in [5, 5.41) is 11.0. The van der Waals surface area contributed by atoms with Crippen LogP contribution < -0.4 is 0 Å². The number of aliphatic hydroxyl groups is 1. The second-order valence-electron chi connectivity index (χ2n) is 6.04. The van der Waals surface area contributed by atoms with Crippen LogP contribution in [0.3, 0.4) is 0 Å². The van der Waals surface area contributed by atoms with Crippen LogP contribution in [0.1, 0.15) is 45.4 Å². The molecule has 1 fully saturated rings. The molecule has 0 radical (unpaired) electrons. The lowest BCUT2D eigenvalue weighted by molar-refractivity contribution is -0.000828. The number of hydrogen-bond donors (Lipinski definition) is 1. The number of fused-ring (bicyclic) bond motifs is 1. The molecule has 2 atom stereocenters. The summed E-state index contributed by atoms with van der Waals surface area (Å²) in [5.74, 6) is 1.46. The highest BCUT2D eigenvalue weighted by Gasteiger charge is 2.41. The van der Waals surface area contributed by atoms with Gasteiger partial charge in [0.05, 0.1) is 16.6 Å². The van der Waals surface area contributed by atoms with Crippen LogP contribution in [0, 0.1) is 5.92 Å². The molecule has 3 heteroatoms. The van der Waals surface area contributed by atoms with E-state index in [0.29, 0.717) is 12.3 Å². The van der Waals surface area contributed by atoms with Crippen molar-refractivity contribution in [3.8, 4) is 0 Å². The molecular formula is C17H24N2O. The minimum absolute atomic E-state index is 0.424. The smallest absolute Gasteiger partial charge is 0.112 e. The van der Waals surface area contributed by atoms with Gasteiger partial charge in [-0.05, 0) is 37.8 Å². The molecular weight excluding hydrogens is 248 g/mol. The topological polar surface area (TPSA) is 38.1 Å². The van der Waals surface area contributed by atoms with Gasteiger partial charge in [0.25, 0.3) is 0 Å². The average Bonchev–Trinajstić information content (AvgIpc) is 2.98. The van der Waals surface area contributed by atoms with E-state index in [9.17, 15) is 5.11 Å². The van der Waals surface area contributed by atoms with Crippen molar-refractivity contribution in [3.63, 3.8) is 0 Å². The number of nitrogens with zero attached hydrogens (tertiary/aromatic N) is 2. The van der Waals surface area contributed by atoms with Crippen molar-refractivity contribution in [2.45, 2.75) is 58.1 Å². The summed E-state index contributed by atoms with van der Waals surface area (Å²) in [6.07, 6.45) is 4.95. The summed E-state index contributed by atoms with van der Waals surface area (Å²) in [5.41, 5.74) is 1.67. The lowest BCUT2D eigenvalue weighted by Crippen LogP contribution is -2.36. The number of para-hydroxylation sites is 2. The maximum absolute atomic E-state index is 11.0. The van der Waals surface area contributed by atoms with Gasteiger partial charge in [0.1, 0.15) is 5.82 Å². The van der Waals surface area contributed by atoms with Crippen LogP contribution in [0.25, 0.3) is 11.0 Å². The fraction of sp³-hybridized carbons (Fsp3) is 0.588. The van der Waals surface area contributed by atoms with E-state index >= 15 is 0 Å². The van der Waals surface area contributed by atoms with Crippen molar-refractivity contribution in [2.24, 2.45) is 5.92 Å². The van der Waals surface area contributed by atoms with Crippen molar-refractivity contribution >= 4 is 11.0 Å². The third-order valence-electron chi connectivity index (χ3n) is 4.93. The van der Waals surface area contributed by atoms with Gasteiger partial charge in [-0.25, -0.2) is 4.98 Å². The SMILES string of the molecule is CCC1CCCC1(O)Cc1nc2ccccc2n1CC. The van der Waals surface area contributed by atoms with E-state index < -0.39 is 5.60 Å². The van der Waals surface area contributed by atoms with Gasteiger partial charge in [0.2, 0.25) is 0 Å². The van der Waals surface area contributed by atoms with E-state index in [-0.39, 0.29) is 0 Å². The Labute approximate surface area is 120 Å². The van der Waals surface area contributed by atoms with Gasteiger partial charge in [-0.2, -0.15) is 0 Å². The standard InChI is InChI=1S/C17H24N2O/c1-3-13-8-7-11-17(13,20)12-16-18-14-9-5-6-10-15(14)19(16)4-2/h5-6,9-10,13,20H,3-4,7-8,11-12H2,1-2H3. The molecule has 0 spiro atoms. The lowest BCUT2D eigenvalue weighted by Gasteiger charge is -2.29. The van der Waals surface area contributed by atoms with Crippen molar-refractivity contribution in [1.82, 2.24) is 9.55 Å². The largest absolute Gasteiger partial charge is 0.389 e. The van der Waals surface area contributed by atoms with Gasteiger partial charge in [0.15, 0.2) is 0 Å². The second kappa shape index (κ2) is 5.21. The zero-order valence-electron chi connectivity index (χ0n) is 12.5. The van der Waals surface area contributed by atoms with Crippen LogP contribution >= 0.6 is 0 Å². The Morgan fingerprint density at radius 1 is 1.35 bits per heavy atom. The monoisotopic (exact) mass is 272 g/mol. The summed E-state index contributed by atoms with van der Waals surface area (Å²) < 4.78 is 2.25. The van der Waals surface area contributed by atoms with Gasteiger partial charge in [-0.1, -0.05) is 31.9 Å². The van der Waals surface area contributed by atoms with E-state index in [1.54, 1.807) is 0 Å². The highest BCUT2D eigenvalue weighted by molar-refractivity contribution is 5.75. The Bertz CT molecular complexity index is 604. The number of rotatable bonds is 4. The molecule has 2 unspecified atom stereocenters. The number of aryl methyl sites for hydroxylation is 1. The molecule has 1 aliphatic carbocycles. The van der Waals surface area contributed by atoms with Crippen LogP contribution in [0.4, 0.5) is 0 Å². The molecule has 0 saturated heterocycles. The molecule has 2 aromatic rings. The Morgan fingerprint density at radius 3 is 2.90 bits per heavy atom. The van der Waals surface area contributed by atoms with Crippen molar-refractivity contribution in [2.75, 3.05) is 0 Å². The third-order valence-corrected chi connectivity index (χ3v) is 4.93. The van der Waals surface area contributed by atoms with Gasteiger partial charge < -0.3 is 9.67 Å². The van der Waals surface area contributed by atoms with Crippen LogP contribution in [-0.4, -0.2) is 20.3 Å². The molecule has 1 saturated carbocycles. The zero-order chi connectivity index (χ0) is 14.2. The van der Waals surface area contributed by atoms with Crippen molar-refractivity contribution < 1.29 is 5.11 Å². The second-order valence-corrected chi connectivity index (χ2v) is 6.04. The molecule has 108 valence electrons. The molecule has 1 aromatic carbocycles. The Morgan fingerprint density at radius 2 is 2.15 bits per heavy atom. The molecule has 0 aliphatic heterocycles. The van der Waals surface area contributed by atoms with E-state index in [4.69, 9.17) is 4.98 Å². The molecule has 3 rings (SSSR count). The summed E-state index contributed by atoms with van der Waals surface area (Å²) in [4.78, 5) is 4.76. The van der Waals surface area contributed by atoms with E-state index in [1.807, 2.05) is 6.07 Å². The highest BCUT2D eigenvalue weighted by atomic mass is 16.3.